The van der Waals surface area contributed by atoms with Crippen molar-refractivity contribution in [3.8, 4) is 5.69 Å². The largest absolute Gasteiger partial charge is 0.281 e. The van der Waals surface area contributed by atoms with Crippen LogP contribution in [0.2, 0.25) is 10.0 Å². The van der Waals surface area contributed by atoms with Crippen molar-refractivity contribution < 1.29 is 4.39 Å². The maximum Gasteiger partial charge on any atom is 0.266 e. The Kier molecular flexibility index (Phi) is 4.42. The molecule has 3 aromatic rings. The molecule has 2 nitrogen and oxygen atoms in total. The van der Waals surface area contributed by atoms with E-state index in [2.05, 4.69) is 0 Å². The lowest BCUT2D eigenvalue weighted by atomic mass is 10.1. The second-order valence-electron chi connectivity index (χ2n) is 5.33. The van der Waals surface area contributed by atoms with Crippen molar-refractivity contribution in [1.29, 1.82) is 0 Å². The molecule has 0 atom stereocenters. The third-order valence-electron chi connectivity index (χ3n) is 3.74. The minimum Gasteiger partial charge on any atom is -0.281 e. The van der Waals surface area contributed by atoms with Gasteiger partial charge in [-0.05, 0) is 42.1 Å². The van der Waals surface area contributed by atoms with Gasteiger partial charge in [0.05, 0.1) is 21.1 Å². The van der Waals surface area contributed by atoms with E-state index in [1.165, 1.54) is 10.6 Å². The lowest BCUT2D eigenvalue weighted by Crippen LogP contribution is -2.23. The van der Waals surface area contributed by atoms with Crippen LogP contribution < -0.4 is 5.56 Å². The van der Waals surface area contributed by atoms with Crippen LogP contribution in [-0.4, -0.2) is 4.57 Å². The van der Waals surface area contributed by atoms with Crippen molar-refractivity contribution in [1.82, 2.24) is 4.57 Å². The third kappa shape index (κ3) is 2.87. The van der Waals surface area contributed by atoms with E-state index in [1.807, 2.05) is 13.0 Å². The van der Waals surface area contributed by atoms with E-state index in [1.54, 1.807) is 30.3 Å². The quantitative estimate of drug-likeness (QED) is 0.621. The smallest absolute Gasteiger partial charge is 0.266 e. The highest BCUT2D eigenvalue weighted by Gasteiger charge is 2.14. The van der Waals surface area contributed by atoms with Crippen molar-refractivity contribution in [2.45, 2.75) is 19.8 Å². The van der Waals surface area contributed by atoms with Crippen LogP contribution in [0.25, 0.3) is 16.5 Å². The molecule has 1 heterocycles. The molecule has 5 heteroatoms. The van der Waals surface area contributed by atoms with E-state index < -0.39 is 5.82 Å². The zero-order chi connectivity index (χ0) is 16.6. The van der Waals surface area contributed by atoms with Crippen molar-refractivity contribution in [2.24, 2.45) is 0 Å². The average Bonchev–Trinajstić information content (AvgIpc) is 2.51. The van der Waals surface area contributed by atoms with Crippen LogP contribution in [0.1, 0.15) is 19.0 Å². The van der Waals surface area contributed by atoms with Gasteiger partial charge in [0.2, 0.25) is 0 Å². The molecule has 0 aliphatic rings. The highest BCUT2D eigenvalue weighted by molar-refractivity contribution is 6.42. The van der Waals surface area contributed by atoms with Crippen LogP contribution in [0.3, 0.4) is 0 Å². The zero-order valence-corrected chi connectivity index (χ0v) is 14.0. The van der Waals surface area contributed by atoms with Crippen LogP contribution in [-0.2, 0) is 6.42 Å². The number of pyridine rings is 1. The topological polar surface area (TPSA) is 22.0 Å². The molecule has 0 unspecified atom stereocenters. The summed E-state index contributed by atoms with van der Waals surface area (Å²) in [6.07, 6.45) is 1.56. The summed E-state index contributed by atoms with van der Waals surface area (Å²) in [5, 5.41) is 1.45. The Balaban J connectivity index is 2.39. The highest BCUT2D eigenvalue weighted by Crippen LogP contribution is 2.26. The van der Waals surface area contributed by atoms with Gasteiger partial charge >= 0.3 is 0 Å². The summed E-state index contributed by atoms with van der Waals surface area (Å²) >= 11 is 12.0. The summed E-state index contributed by atoms with van der Waals surface area (Å²) in [5.74, 6) is -0.524. The molecule has 118 valence electrons. The molecule has 1 aromatic heterocycles. The molecule has 0 saturated carbocycles. The Labute approximate surface area is 143 Å². The molecule has 0 radical (unpaired) electrons. The molecule has 3 rings (SSSR count). The van der Waals surface area contributed by atoms with Crippen LogP contribution in [0.15, 0.2) is 47.3 Å². The third-order valence-corrected chi connectivity index (χ3v) is 4.48. The Morgan fingerprint density at radius 3 is 2.57 bits per heavy atom. The van der Waals surface area contributed by atoms with Crippen LogP contribution in [0.4, 0.5) is 4.39 Å². The van der Waals surface area contributed by atoms with Crippen molar-refractivity contribution in [2.75, 3.05) is 0 Å². The number of rotatable bonds is 3. The number of fused-ring (bicyclic) bond motifs is 1. The van der Waals surface area contributed by atoms with Crippen molar-refractivity contribution >= 4 is 34.0 Å². The average molecular weight is 350 g/mol. The van der Waals surface area contributed by atoms with Crippen molar-refractivity contribution in [3.63, 3.8) is 0 Å². The fraction of sp³-hybridized carbons (Fsp3) is 0.167. The first kappa shape index (κ1) is 16.0. The Morgan fingerprint density at radius 1 is 1.09 bits per heavy atom. The molecular formula is C18H14Cl2FNO. The molecule has 0 bridgehead atoms. The van der Waals surface area contributed by atoms with Gasteiger partial charge in [-0.1, -0.05) is 48.7 Å². The van der Waals surface area contributed by atoms with Crippen LogP contribution in [0, 0.1) is 5.82 Å². The van der Waals surface area contributed by atoms with Gasteiger partial charge in [0.1, 0.15) is 5.82 Å². The van der Waals surface area contributed by atoms with Gasteiger partial charge in [-0.2, -0.15) is 0 Å². The number of benzene rings is 2. The van der Waals surface area contributed by atoms with Crippen LogP contribution >= 0.6 is 23.2 Å². The first-order valence-electron chi connectivity index (χ1n) is 7.31. The predicted octanol–water partition coefficient (Wildman–Crippen LogP) is 5.39. The van der Waals surface area contributed by atoms with E-state index in [-0.39, 0.29) is 10.9 Å². The lowest BCUT2D eigenvalue weighted by Gasteiger charge is -2.15. The van der Waals surface area contributed by atoms with Gasteiger partial charge in [0, 0.05) is 5.69 Å². The number of aryl methyl sites for hydroxylation is 1. The summed E-state index contributed by atoms with van der Waals surface area (Å²) < 4.78 is 15.7. The Hall–Kier alpha value is -1.84. The first-order valence-corrected chi connectivity index (χ1v) is 8.07. The minimum atomic E-state index is -0.524. The van der Waals surface area contributed by atoms with E-state index in [0.29, 0.717) is 27.5 Å². The summed E-state index contributed by atoms with van der Waals surface area (Å²) in [5.41, 5.74) is 1.01. The molecule has 0 aliphatic carbocycles. The number of hydrogen-bond donors (Lipinski definition) is 0. The molecule has 0 N–H and O–H groups in total. The van der Waals surface area contributed by atoms with Gasteiger partial charge in [-0.15, -0.1) is 0 Å². The molecule has 0 fully saturated rings. The normalized spacial score (nSPS) is 11.1. The second kappa shape index (κ2) is 6.34. The molecule has 0 aliphatic heterocycles. The van der Waals surface area contributed by atoms with Crippen molar-refractivity contribution in [3.05, 3.63) is 74.4 Å². The van der Waals surface area contributed by atoms with E-state index in [4.69, 9.17) is 23.2 Å². The zero-order valence-electron chi connectivity index (χ0n) is 12.4. The van der Waals surface area contributed by atoms with Gasteiger partial charge < -0.3 is 0 Å². The van der Waals surface area contributed by atoms with E-state index in [0.717, 1.165) is 12.1 Å². The molecule has 0 amide bonds. The summed E-state index contributed by atoms with van der Waals surface area (Å²) in [6.45, 7) is 2.03. The lowest BCUT2D eigenvalue weighted by molar-refractivity contribution is 0.637. The number of nitrogens with zero attached hydrogens (tertiary/aromatic N) is 1. The SMILES string of the molecule is CCCc1cc2cccc(F)c2c(=O)n1-c1ccc(Cl)c(Cl)c1. The summed E-state index contributed by atoms with van der Waals surface area (Å²) in [4.78, 5) is 12.9. The van der Waals surface area contributed by atoms with Gasteiger partial charge in [-0.3, -0.25) is 9.36 Å². The highest BCUT2D eigenvalue weighted by atomic mass is 35.5. The second-order valence-corrected chi connectivity index (χ2v) is 6.14. The van der Waals surface area contributed by atoms with E-state index >= 15 is 0 Å². The monoisotopic (exact) mass is 349 g/mol. The fourth-order valence-corrected chi connectivity index (χ4v) is 3.01. The maximum absolute atomic E-state index is 14.1. The Morgan fingerprint density at radius 2 is 1.87 bits per heavy atom. The number of aromatic nitrogens is 1. The van der Waals surface area contributed by atoms with Gasteiger partial charge in [0.15, 0.2) is 0 Å². The van der Waals surface area contributed by atoms with Crippen LogP contribution in [0.5, 0.6) is 0 Å². The minimum absolute atomic E-state index is 0.0819. The standard InChI is InChI=1S/C18H14Cl2FNO/c1-2-4-12-9-11-5-3-6-16(21)17(11)18(23)22(12)13-7-8-14(19)15(20)10-13/h3,5-10H,2,4H2,1H3. The molecular weight excluding hydrogens is 336 g/mol. The van der Waals surface area contributed by atoms with E-state index in [9.17, 15) is 9.18 Å². The fourth-order valence-electron chi connectivity index (χ4n) is 2.72. The van der Waals surface area contributed by atoms with Gasteiger partial charge in [-0.25, -0.2) is 4.39 Å². The Bertz CT molecular complexity index is 950. The summed E-state index contributed by atoms with van der Waals surface area (Å²) in [6, 6.07) is 11.5. The summed E-state index contributed by atoms with van der Waals surface area (Å²) in [7, 11) is 0. The number of hydrogen-bond acceptors (Lipinski definition) is 1. The number of halogens is 3. The molecule has 23 heavy (non-hydrogen) atoms. The molecule has 0 spiro atoms. The maximum atomic E-state index is 14.1. The molecule has 0 saturated heterocycles. The van der Waals surface area contributed by atoms with Gasteiger partial charge in [0.25, 0.3) is 5.56 Å². The first-order chi connectivity index (χ1) is 11.0. The molecule has 2 aromatic carbocycles. The predicted molar refractivity (Wildman–Crippen MR) is 93.5 cm³/mol.